The van der Waals surface area contributed by atoms with Gasteiger partial charge in [0.2, 0.25) is 0 Å². The van der Waals surface area contributed by atoms with E-state index in [1.165, 1.54) is 18.3 Å². The first-order valence-electron chi connectivity index (χ1n) is 7.97. The molecule has 0 aliphatic rings. The van der Waals surface area contributed by atoms with Gasteiger partial charge in [-0.15, -0.1) is 0 Å². The van der Waals surface area contributed by atoms with Gasteiger partial charge in [-0.3, -0.25) is 0 Å². The third-order valence-electron chi connectivity index (χ3n) is 3.29. The molecular formula is C18H22N2O4S. The summed E-state index contributed by atoms with van der Waals surface area (Å²) in [5.74, 6) is 1.23. The van der Waals surface area contributed by atoms with Crippen LogP contribution in [0.1, 0.15) is 25.0 Å². The lowest BCUT2D eigenvalue weighted by atomic mass is 10.2. The molecule has 0 unspecified atom stereocenters. The van der Waals surface area contributed by atoms with E-state index < -0.39 is 10.0 Å². The van der Waals surface area contributed by atoms with Gasteiger partial charge in [0.15, 0.2) is 11.5 Å². The lowest BCUT2D eigenvalue weighted by molar-refractivity contribution is 0.288. The SMILES string of the molecule is CCOc1ccc(C=NNS(=O)(=O)c2ccc(C)cc2)cc1OCC. The van der Waals surface area contributed by atoms with E-state index in [0.29, 0.717) is 30.3 Å². The van der Waals surface area contributed by atoms with Crippen LogP contribution in [0.5, 0.6) is 11.5 Å². The number of hydrogen-bond acceptors (Lipinski definition) is 5. The summed E-state index contributed by atoms with van der Waals surface area (Å²) in [6, 6.07) is 11.8. The molecule has 0 aliphatic heterocycles. The molecule has 2 rings (SSSR count). The predicted molar refractivity (Wildman–Crippen MR) is 97.9 cm³/mol. The van der Waals surface area contributed by atoms with Crippen LogP contribution in [-0.4, -0.2) is 27.8 Å². The molecule has 2 aromatic rings. The van der Waals surface area contributed by atoms with Crippen molar-refractivity contribution in [3.8, 4) is 11.5 Å². The van der Waals surface area contributed by atoms with Crippen molar-refractivity contribution in [1.29, 1.82) is 0 Å². The second kappa shape index (κ2) is 8.53. The highest BCUT2D eigenvalue weighted by Gasteiger charge is 2.12. The van der Waals surface area contributed by atoms with Crippen molar-refractivity contribution < 1.29 is 17.9 Å². The molecule has 0 bridgehead atoms. The van der Waals surface area contributed by atoms with Gasteiger partial charge in [-0.25, -0.2) is 4.83 Å². The lowest BCUT2D eigenvalue weighted by Crippen LogP contribution is -2.18. The molecule has 0 saturated carbocycles. The minimum atomic E-state index is -3.69. The zero-order valence-electron chi connectivity index (χ0n) is 14.5. The second-order valence-electron chi connectivity index (χ2n) is 5.24. The van der Waals surface area contributed by atoms with Crippen LogP contribution < -0.4 is 14.3 Å². The maximum atomic E-state index is 12.2. The van der Waals surface area contributed by atoms with Gasteiger partial charge in [0.1, 0.15) is 0 Å². The third-order valence-corrected chi connectivity index (χ3v) is 4.52. The monoisotopic (exact) mass is 362 g/mol. The Balaban J connectivity index is 2.13. The van der Waals surface area contributed by atoms with Crippen molar-refractivity contribution in [1.82, 2.24) is 4.83 Å². The first-order chi connectivity index (χ1) is 12.0. The molecule has 0 heterocycles. The Bertz CT molecular complexity index is 831. The van der Waals surface area contributed by atoms with Gasteiger partial charge in [-0.1, -0.05) is 17.7 Å². The van der Waals surface area contributed by atoms with Gasteiger partial charge in [0, 0.05) is 0 Å². The molecular weight excluding hydrogens is 340 g/mol. The second-order valence-corrected chi connectivity index (χ2v) is 6.90. The van der Waals surface area contributed by atoms with Gasteiger partial charge in [0.25, 0.3) is 10.0 Å². The van der Waals surface area contributed by atoms with Crippen molar-refractivity contribution in [2.45, 2.75) is 25.7 Å². The quantitative estimate of drug-likeness (QED) is 0.578. The van der Waals surface area contributed by atoms with Crippen LogP contribution in [0.4, 0.5) is 0 Å². The van der Waals surface area contributed by atoms with Crippen LogP contribution in [-0.2, 0) is 10.0 Å². The lowest BCUT2D eigenvalue weighted by Gasteiger charge is -2.11. The van der Waals surface area contributed by atoms with E-state index >= 15 is 0 Å². The number of rotatable bonds is 8. The number of ether oxygens (including phenoxy) is 2. The summed E-state index contributed by atoms with van der Waals surface area (Å²) >= 11 is 0. The minimum absolute atomic E-state index is 0.164. The van der Waals surface area contributed by atoms with Gasteiger partial charge >= 0.3 is 0 Å². The standard InChI is InChI=1S/C18H22N2O4S/c1-4-23-17-11-8-15(12-18(17)24-5-2)13-19-20-25(21,22)16-9-6-14(3)7-10-16/h6-13,20H,4-5H2,1-3H3. The average molecular weight is 362 g/mol. The molecule has 0 atom stereocenters. The van der Waals surface area contributed by atoms with E-state index in [1.807, 2.05) is 20.8 Å². The highest BCUT2D eigenvalue weighted by atomic mass is 32.2. The number of benzene rings is 2. The molecule has 0 amide bonds. The van der Waals surface area contributed by atoms with Gasteiger partial charge in [-0.05, 0) is 56.7 Å². The predicted octanol–water partition coefficient (Wildman–Crippen LogP) is 3.10. The van der Waals surface area contributed by atoms with Crippen molar-refractivity contribution >= 4 is 16.2 Å². The summed E-state index contributed by atoms with van der Waals surface area (Å²) in [6.07, 6.45) is 1.42. The molecule has 6 nitrogen and oxygen atoms in total. The van der Waals surface area contributed by atoms with Crippen LogP contribution in [0.2, 0.25) is 0 Å². The van der Waals surface area contributed by atoms with Crippen molar-refractivity contribution in [3.63, 3.8) is 0 Å². The molecule has 134 valence electrons. The van der Waals surface area contributed by atoms with E-state index in [-0.39, 0.29) is 4.90 Å². The molecule has 7 heteroatoms. The summed E-state index contributed by atoms with van der Waals surface area (Å²) < 4.78 is 35.4. The molecule has 0 saturated heterocycles. The van der Waals surface area contributed by atoms with Crippen molar-refractivity contribution in [3.05, 3.63) is 53.6 Å². The van der Waals surface area contributed by atoms with Crippen LogP contribution in [0.25, 0.3) is 0 Å². The van der Waals surface area contributed by atoms with E-state index in [0.717, 1.165) is 5.56 Å². The summed E-state index contributed by atoms with van der Waals surface area (Å²) in [7, 11) is -3.69. The zero-order chi connectivity index (χ0) is 18.3. The van der Waals surface area contributed by atoms with E-state index in [2.05, 4.69) is 9.93 Å². The number of nitrogens with zero attached hydrogens (tertiary/aromatic N) is 1. The number of hydrogen-bond donors (Lipinski definition) is 1. The maximum absolute atomic E-state index is 12.2. The Kier molecular flexibility index (Phi) is 6.41. The van der Waals surface area contributed by atoms with Crippen molar-refractivity contribution in [2.75, 3.05) is 13.2 Å². The first kappa shape index (κ1) is 18.8. The van der Waals surface area contributed by atoms with Gasteiger partial charge in [0.05, 0.1) is 24.3 Å². The number of nitrogens with one attached hydrogen (secondary N) is 1. The highest BCUT2D eigenvalue weighted by molar-refractivity contribution is 7.89. The van der Waals surface area contributed by atoms with E-state index in [9.17, 15) is 8.42 Å². The van der Waals surface area contributed by atoms with Gasteiger partial charge < -0.3 is 9.47 Å². The smallest absolute Gasteiger partial charge is 0.276 e. The minimum Gasteiger partial charge on any atom is -0.490 e. The van der Waals surface area contributed by atoms with Gasteiger partial charge in [-0.2, -0.15) is 13.5 Å². The normalized spacial score (nSPS) is 11.5. The van der Waals surface area contributed by atoms with E-state index in [4.69, 9.17) is 9.47 Å². The largest absolute Gasteiger partial charge is 0.490 e. The Hall–Kier alpha value is -2.54. The molecule has 0 aromatic heterocycles. The maximum Gasteiger partial charge on any atom is 0.276 e. The summed E-state index contributed by atoms with van der Waals surface area (Å²) in [4.78, 5) is 2.37. The molecule has 25 heavy (non-hydrogen) atoms. The molecule has 1 N–H and O–H groups in total. The zero-order valence-corrected chi connectivity index (χ0v) is 15.3. The average Bonchev–Trinajstić information content (AvgIpc) is 2.58. The molecule has 2 aromatic carbocycles. The molecule has 0 aliphatic carbocycles. The Labute approximate surface area is 148 Å². The number of sulfonamides is 1. The van der Waals surface area contributed by atoms with Crippen LogP contribution >= 0.6 is 0 Å². The summed E-state index contributed by atoms with van der Waals surface area (Å²) in [5.41, 5.74) is 1.68. The fraction of sp³-hybridized carbons (Fsp3) is 0.278. The van der Waals surface area contributed by atoms with Crippen LogP contribution in [0, 0.1) is 6.92 Å². The highest BCUT2D eigenvalue weighted by Crippen LogP contribution is 2.28. The topological polar surface area (TPSA) is 77.0 Å². The summed E-state index contributed by atoms with van der Waals surface area (Å²) in [6.45, 7) is 6.70. The van der Waals surface area contributed by atoms with E-state index in [1.54, 1.807) is 30.3 Å². The molecule has 0 radical (unpaired) electrons. The summed E-state index contributed by atoms with van der Waals surface area (Å²) in [5, 5.41) is 3.83. The molecule has 0 fully saturated rings. The first-order valence-corrected chi connectivity index (χ1v) is 9.45. The Morgan fingerprint density at radius 1 is 1.00 bits per heavy atom. The van der Waals surface area contributed by atoms with Crippen LogP contribution in [0.15, 0.2) is 52.5 Å². The number of aryl methyl sites for hydroxylation is 1. The van der Waals surface area contributed by atoms with Crippen LogP contribution in [0.3, 0.4) is 0 Å². The number of hydrazone groups is 1. The van der Waals surface area contributed by atoms with Crippen molar-refractivity contribution in [2.24, 2.45) is 5.10 Å². The Morgan fingerprint density at radius 2 is 1.64 bits per heavy atom. The third kappa shape index (κ3) is 5.22. The molecule has 0 spiro atoms. The Morgan fingerprint density at radius 3 is 2.28 bits per heavy atom. The fourth-order valence-corrected chi connectivity index (χ4v) is 2.88. The fourth-order valence-electron chi connectivity index (χ4n) is 2.09.